The van der Waals surface area contributed by atoms with E-state index in [1.165, 1.54) is 0 Å². The summed E-state index contributed by atoms with van der Waals surface area (Å²) >= 11 is 6.65. The predicted octanol–water partition coefficient (Wildman–Crippen LogP) is 4.06. The van der Waals surface area contributed by atoms with Gasteiger partial charge in [0.25, 0.3) is 0 Å². The highest BCUT2D eigenvalue weighted by Crippen LogP contribution is 2.43. The summed E-state index contributed by atoms with van der Waals surface area (Å²) < 4.78 is 16.2. The van der Waals surface area contributed by atoms with Gasteiger partial charge in [0, 0.05) is 54.5 Å². The first-order valence-corrected chi connectivity index (χ1v) is 10.6. The number of anilines is 1. The summed E-state index contributed by atoms with van der Waals surface area (Å²) in [6, 6.07) is 8.48. The van der Waals surface area contributed by atoms with Gasteiger partial charge in [0.05, 0.1) is 31.4 Å². The molecule has 8 heteroatoms. The molecule has 4 rings (SSSR count). The number of methoxy groups -OCH3 is 3. The summed E-state index contributed by atoms with van der Waals surface area (Å²) in [7, 11) is 4.96. The number of aromatic nitrogens is 2. The summed E-state index contributed by atoms with van der Waals surface area (Å²) in [5.41, 5.74) is 3.65. The van der Waals surface area contributed by atoms with Crippen molar-refractivity contribution in [2.75, 3.05) is 39.8 Å². The number of nitrogens with one attached hydrogen (secondary N) is 2. The maximum absolute atomic E-state index is 6.65. The van der Waals surface area contributed by atoms with Gasteiger partial charge in [-0.1, -0.05) is 17.7 Å². The third-order valence-corrected chi connectivity index (χ3v) is 6.05. The number of hydrogen-bond donors (Lipinski definition) is 2. The van der Waals surface area contributed by atoms with Gasteiger partial charge in [-0.25, -0.2) is 9.97 Å². The van der Waals surface area contributed by atoms with E-state index in [2.05, 4.69) is 15.6 Å². The van der Waals surface area contributed by atoms with E-state index in [-0.39, 0.29) is 6.04 Å². The van der Waals surface area contributed by atoms with Crippen molar-refractivity contribution in [3.8, 4) is 22.6 Å². The largest absolute Gasteiger partial charge is 0.496 e. The van der Waals surface area contributed by atoms with Crippen molar-refractivity contribution in [3.63, 3.8) is 0 Å². The SMILES string of the molecule is COCC1CC(Nc2ncc3cc(-c4c(C)c(OC)cc(OC)c4Cl)ccc3n2)CN1. The highest BCUT2D eigenvalue weighted by atomic mass is 35.5. The first-order chi connectivity index (χ1) is 15.0. The summed E-state index contributed by atoms with van der Waals surface area (Å²) in [6.45, 7) is 3.56. The molecule has 2 unspecified atom stereocenters. The van der Waals surface area contributed by atoms with Crippen LogP contribution in [-0.2, 0) is 4.74 Å². The molecule has 1 fully saturated rings. The van der Waals surface area contributed by atoms with Crippen molar-refractivity contribution >= 4 is 28.5 Å². The fourth-order valence-corrected chi connectivity index (χ4v) is 4.49. The van der Waals surface area contributed by atoms with Crippen LogP contribution < -0.4 is 20.1 Å². The zero-order valence-corrected chi connectivity index (χ0v) is 18.9. The number of benzene rings is 2. The summed E-state index contributed by atoms with van der Waals surface area (Å²) in [6.07, 6.45) is 2.81. The number of hydrogen-bond acceptors (Lipinski definition) is 7. The van der Waals surface area contributed by atoms with Crippen LogP contribution in [0.5, 0.6) is 11.5 Å². The van der Waals surface area contributed by atoms with Crippen LogP contribution in [0, 0.1) is 6.92 Å². The molecule has 2 atom stereocenters. The molecule has 31 heavy (non-hydrogen) atoms. The lowest BCUT2D eigenvalue weighted by Gasteiger charge is -2.16. The van der Waals surface area contributed by atoms with Gasteiger partial charge in [-0.3, -0.25) is 0 Å². The summed E-state index contributed by atoms with van der Waals surface area (Å²) in [5, 5.41) is 8.35. The molecule has 7 nitrogen and oxygen atoms in total. The predicted molar refractivity (Wildman–Crippen MR) is 124 cm³/mol. The Kier molecular flexibility index (Phi) is 6.46. The number of fused-ring (bicyclic) bond motifs is 1. The maximum atomic E-state index is 6.65. The van der Waals surface area contributed by atoms with Crippen molar-refractivity contribution in [2.24, 2.45) is 0 Å². The zero-order chi connectivity index (χ0) is 22.0. The lowest BCUT2D eigenvalue weighted by molar-refractivity contribution is 0.173. The third-order valence-electron chi connectivity index (χ3n) is 5.67. The van der Waals surface area contributed by atoms with E-state index in [1.807, 2.05) is 31.3 Å². The van der Waals surface area contributed by atoms with E-state index in [1.54, 1.807) is 27.4 Å². The molecule has 0 spiro atoms. The van der Waals surface area contributed by atoms with Crippen molar-refractivity contribution in [1.82, 2.24) is 15.3 Å². The topological polar surface area (TPSA) is 77.5 Å². The van der Waals surface area contributed by atoms with Gasteiger partial charge in [0.1, 0.15) is 11.5 Å². The Labute approximate surface area is 187 Å². The van der Waals surface area contributed by atoms with E-state index < -0.39 is 0 Å². The maximum Gasteiger partial charge on any atom is 0.223 e. The van der Waals surface area contributed by atoms with Crippen LogP contribution in [-0.4, -0.2) is 56.5 Å². The Balaban J connectivity index is 1.62. The second-order valence-electron chi connectivity index (χ2n) is 7.70. The van der Waals surface area contributed by atoms with Gasteiger partial charge in [-0.15, -0.1) is 0 Å². The molecule has 3 aromatic rings. The highest BCUT2D eigenvalue weighted by molar-refractivity contribution is 6.35. The fourth-order valence-electron chi connectivity index (χ4n) is 4.10. The average molecular weight is 443 g/mol. The first-order valence-electron chi connectivity index (χ1n) is 10.2. The molecule has 2 N–H and O–H groups in total. The number of halogens is 1. The molecule has 1 aromatic heterocycles. The lowest BCUT2D eigenvalue weighted by Crippen LogP contribution is -2.26. The van der Waals surface area contributed by atoms with Gasteiger partial charge in [-0.2, -0.15) is 0 Å². The number of nitrogens with zero attached hydrogens (tertiary/aromatic N) is 2. The Hall–Kier alpha value is -2.61. The van der Waals surface area contributed by atoms with Crippen molar-refractivity contribution < 1.29 is 14.2 Å². The molecule has 0 bridgehead atoms. The quantitative estimate of drug-likeness (QED) is 0.571. The van der Waals surface area contributed by atoms with Crippen LogP contribution in [0.4, 0.5) is 5.95 Å². The minimum atomic E-state index is 0.280. The van der Waals surface area contributed by atoms with Gasteiger partial charge in [0.2, 0.25) is 5.95 Å². The molecule has 0 radical (unpaired) electrons. The molecule has 2 aromatic carbocycles. The molecule has 1 saturated heterocycles. The van der Waals surface area contributed by atoms with Crippen LogP contribution >= 0.6 is 11.6 Å². The molecule has 0 amide bonds. The molecular weight excluding hydrogens is 416 g/mol. The molecule has 0 saturated carbocycles. The Bertz CT molecular complexity index is 1060. The minimum absolute atomic E-state index is 0.280. The number of ether oxygens (including phenoxy) is 3. The standard InChI is InChI=1S/C23H27ClN4O3/c1-13-19(30-3)9-20(31-4)22(24)21(13)14-5-6-18-15(7-14)10-26-23(28-18)27-16-8-17(12-29-2)25-11-16/h5-7,9-10,16-17,25H,8,11-12H2,1-4H3,(H,26,27,28). The normalized spacial score (nSPS) is 18.4. The average Bonchev–Trinajstić information content (AvgIpc) is 3.21. The second kappa shape index (κ2) is 9.26. The summed E-state index contributed by atoms with van der Waals surface area (Å²) in [4.78, 5) is 9.22. The van der Waals surface area contributed by atoms with Crippen molar-refractivity contribution in [1.29, 1.82) is 0 Å². The summed E-state index contributed by atoms with van der Waals surface area (Å²) in [5.74, 6) is 1.93. The smallest absolute Gasteiger partial charge is 0.223 e. The van der Waals surface area contributed by atoms with Crippen LogP contribution in [0.25, 0.3) is 22.0 Å². The highest BCUT2D eigenvalue weighted by Gasteiger charge is 2.24. The second-order valence-corrected chi connectivity index (χ2v) is 8.08. The Morgan fingerprint density at radius 1 is 1.16 bits per heavy atom. The minimum Gasteiger partial charge on any atom is -0.496 e. The fraction of sp³-hybridized carbons (Fsp3) is 0.391. The van der Waals surface area contributed by atoms with Crippen LogP contribution in [0.3, 0.4) is 0 Å². The van der Waals surface area contributed by atoms with E-state index in [0.717, 1.165) is 46.3 Å². The van der Waals surface area contributed by atoms with Crippen LogP contribution in [0.15, 0.2) is 30.5 Å². The molecule has 0 aliphatic carbocycles. The zero-order valence-electron chi connectivity index (χ0n) is 18.2. The third kappa shape index (κ3) is 4.39. The molecule has 164 valence electrons. The van der Waals surface area contributed by atoms with Crippen LogP contribution in [0.1, 0.15) is 12.0 Å². The van der Waals surface area contributed by atoms with Crippen LogP contribution in [0.2, 0.25) is 5.02 Å². The van der Waals surface area contributed by atoms with E-state index in [9.17, 15) is 0 Å². The van der Waals surface area contributed by atoms with Gasteiger partial charge in [-0.05, 0) is 31.0 Å². The van der Waals surface area contributed by atoms with E-state index >= 15 is 0 Å². The Morgan fingerprint density at radius 2 is 1.97 bits per heavy atom. The molecule has 1 aliphatic rings. The van der Waals surface area contributed by atoms with E-state index in [0.29, 0.717) is 29.4 Å². The molecule has 1 aliphatic heterocycles. The monoisotopic (exact) mass is 442 g/mol. The van der Waals surface area contributed by atoms with Gasteiger partial charge < -0.3 is 24.8 Å². The van der Waals surface area contributed by atoms with Gasteiger partial charge >= 0.3 is 0 Å². The van der Waals surface area contributed by atoms with Crippen molar-refractivity contribution in [2.45, 2.75) is 25.4 Å². The lowest BCUT2D eigenvalue weighted by atomic mass is 9.98. The van der Waals surface area contributed by atoms with Gasteiger partial charge in [0.15, 0.2) is 0 Å². The molecular formula is C23H27ClN4O3. The Morgan fingerprint density at radius 3 is 2.71 bits per heavy atom. The number of rotatable bonds is 7. The van der Waals surface area contributed by atoms with Crippen molar-refractivity contribution in [3.05, 3.63) is 41.0 Å². The first kappa shape index (κ1) is 21.6. The van der Waals surface area contributed by atoms with E-state index in [4.69, 9.17) is 30.8 Å². The molecule has 2 heterocycles.